The number of hydrogen-bond acceptors (Lipinski definition) is 7. The summed E-state index contributed by atoms with van der Waals surface area (Å²) in [4.78, 5) is 47.1. The van der Waals surface area contributed by atoms with Crippen LogP contribution in [0, 0.1) is 0 Å². The summed E-state index contributed by atoms with van der Waals surface area (Å²) >= 11 is 0. The number of hydrogen-bond donors (Lipinski definition) is 1. The van der Waals surface area contributed by atoms with E-state index in [1.807, 2.05) is 0 Å². The molecule has 8 nitrogen and oxygen atoms in total. The van der Waals surface area contributed by atoms with Crippen LogP contribution in [0.5, 0.6) is 0 Å². The van der Waals surface area contributed by atoms with Crippen LogP contribution in [0.15, 0.2) is 5.76 Å². The van der Waals surface area contributed by atoms with Crippen molar-refractivity contribution in [2.75, 3.05) is 19.8 Å². The molecule has 0 spiro atoms. The maximum Gasteiger partial charge on any atom is 0.343 e. The molecule has 0 aromatic heterocycles. The summed E-state index contributed by atoms with van der Waals surface area (Å²) in [5, 5.41) is 2.41. The molecule has 0 aliphatic heterocycles. The fourth-order valence-electron chi connectivity index (χ4n) is 2.44. The van der Waals surface area contributed by atoms with Crippen LogP contribution in [-0.2, 0) is 33.4 Å². The minimum Gasteiger partial charge on any atom is -0.487 e. The summed E-state index contributed by atoms with van der Waals surface area (Å²) in [6.45, 7) is 6.75. The molecule has 0 fully saturated rings. The predicted octanol–water partition coefficient (Wildman–Crippen LogP) is 1.69. The third kappa shape index (κ3) is 7.70. The lowest BCUT2D eigenvalue weighted by Gasteiger charge is -2.29. The van der Waals surface area contributed by atoms with Gasteiger partial charge in [0.2, 0.25) is 11.4 Å². The highest BCUT2D eigenvalue weighted by molar-refractivity contribution is 6.07. The average Bonchev–Trinajstić information content (AvgIpc) is 2.59. The van der Waals surface area contributed by atoms with Gasteiger partial charge in [-0.15, -0.1) is 0 Å². The van der Waals surface area contributed by atoms with Gasteiger partial charge in [0.15, 0.2) is 11.7 Å². The molecule has 0 aliphatic carbocycles. The highest BCUT2D eigenvalue weighted by atomic mass is 16.6. The van der Waals surface area contributed by atoms with Gasteiger partial charge >= 0.3 is 11.9 Å². The Morgan fingerprint density at radius 1 is 0.885 bits per heavy atom. The predicted molar refractivity (Wildman–Crippen MR) is 93.7 cm³/mol. The summed E-state index contributed by atoms with van der Waals surface area (Å²) in [6, 6.07) is 0. The highest BCUT2D eigenvalue weighted by Gasteiger charge is 2.49. The summed E-state index contributed by atoms with van der Waals surface area (Å²) in [6.07, 6.45) is 2.13. The molecule has 0 rings (SSSR count). The molecule has 0 radical (unpaired) electrons. The topological polar surface area (TPSA) is 108 Å². The molecular formula is C18H29NO7. The van der Waals surface area contributed by atoms with Crippen molar-refractivity contribution in [2.24, 2.45) is 0 Å². The monoisotopic (exact) mass is 371 g/mol. The van der Waals surface area contributed by atoms with Gasteiger partial charge in [-0.2, -0.15) is 0 Å². The van der Waals surface area contributed by atoms with Crippen LogP contribution < -0.4 is 5.32 Å². The van der Waals surface area contributed by atoms with E-state index in [0.717, 1.165) is 0 Å². The second-order valence-electron chi connectivity index (χ2n) is 5.55. The summed E-state index contributed by atoms with van der Waals surface area (Å²) < 4.78 is 15.1. The Labute approximate surface area is 154 Å². The Morgan fingerprint density at radius 2 is 1.42 bits per heavy atom. The number of nitrogens with one attached hydrogen (secondary N) is 1. The first-order valence-electron chi connectivity index (χ1n) is 8.87. The highest BCUT2D eigenvalue weighted by Crippen LogP contribution is 2.21. The number of esters is 2. The van der Waals surface area contributed by atoms with Gasteiger partial charge in [-0.3, -0.25) is 4.79 Å². The van der Waals surface area contributed by atoms with Gasteiger partial charge in [-0.25, -0.2) is 14.4 Å². The average molecular weight is 371 g/mol. The van der Waals surface area contributed by atoms with Crippen LogP contribution in [0.4, 0.5) is 0 Å². The fourth-order valence-corrected chi connectivity index (χ4v) is 2.44. The number of carbonyl (C=O) groups excluding carboxylic acids is 4. The lowest BCUT2D eigenvalue weighted by atomic mass is 9.91. The van der Waals surface area contributed by atoms with Crippen molar-refractivity contribution in [1.82, 2.24) is 5.32 Å². The first kappa shape index (κ1) is 23.7. The standard InChI is InChI=1S/C18H29NO7/c1-5-24-15(13-20)11-9-8-10-12-18(19-14(4)21,16(22)25-6-2)17(23)26-7-3/h5-12H2,1-4H3,(H,19,21). The fraction of sp³-hybridized carbons (Fsp3) is 0.722. The zero-order valence-corrected chi connectivity index (χ0v) is 16.0. The first-order chi connectivity index (χ1) is 12.4. The summed E-state index contributed by atoms with van der Waals surface area (Å²) in [5.74, 6) is -0.215. The van der Waals surface area contributed by atoms with E-state index >= 15 is 0 Å². The van der Waals surface area contributed by atoms with Gasteiger partial charge in [-0.1, -0.05) is 6.42 Å². The van der Waals surface area contributed by atoms with Crippen LogP contribution in [-0.4, -0.2) is 49.1 Å². The Kier molecular flexibility index (Phi) is 11.8. The van der Waals surface area contributed by atoms with Gasteiger partial charge in [0.05, 0.1) is 19.8 Å². The first-order valence-corrected chi connectivity index (χ1v) is 8.87. The molecule has 0 aromatic rings. The van der Waals surface area contributed by atoms with Crippen molar-refractivity contribution >= 4 is 23.8 Å². The van der Waals surface area contributed by atoms with E-state index in [1.54, 1.807) is 26.7 Å². The number of carbonyl (C=O) groups is 3. The Bertz CT molecular complexity index is 506. The Balaban J connectivity index is 5.03. The van der Waals surface area contributed by atoms with Crippen molar-refractivity contribution in [3.8, 4) is 0 Å². The third-order valence-corrected chi connectivity index (χ3v) is 3.53. The zero-order valence-electron chi connectivity index (χ0n) is 16.0. The van der Waals surface area contributed by atoms with Crippen molar-refractivity contribution in [3.05, 3.63) is 5.76 Å². The van der Waals surface area contributed by atoms with Crippen LogP contribution in [0.2, 0.25) is 0 Å². The van der Waals surface area contributed by atoms with Gasteiger partial charge in [-0.05, 0) is 40.0 Å². The molecule has 26 heavy (non-hydrogen) atoms. The Morgan fingerprint density at radius 3 is 1.85 bits per heavy atom. The van der Waals surface area contributed by atoms with E-state index in [2.05, 4.69) is 5.32 Å². The smallest absolute Gasteiger partial charge is 0.343 e. The molecule has 1 N–H and O–H groups in total. The molecule has 8 heteroatoms. The third-order valence-electron chi connectivity index (χ3n) is 3.53. The van der Waals surface area contributed by atoms with Crippen molar-refractivity contribution in [1.29, 1.82) is 0 Å². The van der Waals surface area contributed by atoms with Gasteiger partial charge in [0.1, 0.15) is 0 Å². The normalized spacial score (nSPS) is 10.5. The summed E-state index contributed by atoms with van der Waals surface area (Å²) in [7, 11) is 0. The van der Waals surface area contributed by atoms with Gasteiger partial charge in [0, 0.05) is 13.3 Å². The lowest BCUT2D eigenvalue weighted by Crippen LogP contribution is -2.61. The van der Waals surface area contributed by atoms with Crippen LogP contribution in [0.25, 0.3) is 0 Å². The lowest BCUT2D eigenvalue weighted by molar-refractivity contribution is -0.168. The van der Waals surface area contributed by atoms with Crippen molar-refractivity contribution < 1.29 is 33.4 Å². The number of unbranched alkanes of at least 4 members (excludes halogenated alkanes) is 2. The van der Waals surface area contributed by atoms with Gasteiger partial charge in [0.25, 0.3) is 0 Å². The van der Waals surface area contributed by atoms with Crippen LogP contribution >= 0.6 is 0 Å². The second-order valence-corrected chi connectivity index (χ2v) is 5.55. The van der Waals surface area contributed by atoms with E-state index in [0.29, 0.717) is 32.3 Å². The van der Waals surface area contributed by atoms with E-state index in [-0.39, 0.29) is 25.4 Å². The molecule has 0 bridgehead atoms. The minimum atomic E-state index is -1.86. The maximum atomic E-state index is 12.4. The van der Waals surface area contributed by atoms with Crippen molar-refractivity contribution in [2.45, 2.75) is 65.3 Å². The van der Waals surface area contributed by atoms with Gasteiger partial charge < -0.3 is 19.5 Å². The molecule has 0 aliphatic rings. The SMILES string of the molecule is CCOC(=O)C(CCCCCC(=C=O)OCC)(NC(C)=O)C(=O)OCC. The molecular weight excluding hydrogens is 342 g/mol. The number of ether oxygens (including phenoxy) is 3. The van der Waals surface area contributed by atoms with E-state index in [4.69, 9.17) is 14.2 Å². The number of rotatable bonds is 13. The van der Waals surface area contributed by atoms with E-state index in [1.165, 1.54) is 6.92 Å². The minimum absolute atomic E-state index is 0.0407. The van der Waals surface area contributed by atoms with Crippen LogP contribution in [0.1, 0.15) is 59.8 Å². The molecule has 1 amide bonds. The summed E-state index contributed by atoms with van der Waals surface area (Å²) in [5.41, 5.74) is -1.86. The molecule has 0 unspecified atom stereocenters. The second kappa shape index (κ2) is 12.9. The molecule has 0 saturated carbocycles. The molecule has 0 saturated heterocycles. The van der Waals surface area contributed by atoms with Crippen molar-refractivity contribution in [3.63, 3.8) is 0 Å². The molecule has 0 atom stereocenters. The molecule has 148 valence electrons. The number of allylic oxidation sites excluding steroid dienone is 1. The number of amides is 1. The van der Waals surface area contributed by atoms with Crippen LogP contribution in [0.3, 0.4) is 0 Å². The largest absolute Gasteiger partial charge is 0.487 e. The van der Waals surface area contributed by atoms with E-state index < -0.39 is 23.4 Å². The molecule has 0 heterocycles. The quantitative estimate of drug-likeness (QED) is 0.172. The zero-order chi connectivity index (χ0) is 20.0. The van der Waals surface area contributed by atoms with E-state index in [9.17, 15) is 19.2 Å². The Hall–Kier alpha value is -2.34. The molecule has 0 aromatic carbocycles. The maximum absolute atomic E-state index is 12.4.